The zero-order valence-corrected chi connectivity index (χ0v) is 20.0. The number of aliphatic imine (C=N–C) groups is 2. The number of ether oxygens (including phenoxy) is 1. The zero-order valence-electron chi connectivity index (χ0n) is 19.2. The highest BCUT2D eigenvalue weighted by molar-refractivity contribution is 8.14. The average Bonchev–Trinajstić information content (AvgIpc) is 3.21. The van der Waals surface area contributed by atoms with Crippen molar-refractivity contribution in [2.75, 3.05) is 19.0 Å². The Morgan fingerprint density at radius 1 is 1.33 bits per heavy atom. The highest BCUT2D eigenvalue weighted by Gasteiger charge is 2.21. The van der Waals surface area contributed by atoms with Crippen LogP contribution in [0.5, 0.6) is 0 Å². The van der Waals surface area contributed by atoms with Crippen molar-refractivity contribution in [3.05, 3.63) is 48.6 Å². The van der Waals surface area contributed by atoms with E-state index >= 15 is 0 Å². The molecule has 1 saturated heterocycles. The molecule has 1 atom stereocenters. The van der Waals surface area contributed by atoms with E-state index in [1.807, 2.05) is 13.0 Å². The number of Topliss-reactive ketones (excluding diaryl/α,β-unsaturated/α-hetero) is 1. The smallest absolute Gasteiger partial charge is 0.230 e. The summed E-state index contributed by atoms with van der Waals surface area (Å²) >= 11 is 1.25. The fourth-order valence-electron chi connectivity index (χ4n) is 2.93. The lowest BCUT2D eigenvalue weighted by Gasteiger charge is -2.13. The Hall–Kier alpha value is -2.89. The van der Waals surface area contributed by atoms with Gasteiger partial charge in [-0.2, -0.15) is 0 Å². The molecule has 0 spiro atoms. The third-order valence-electron chi connectivity index (χ3n) is 4.62. The average molecular weight is 472 g/mol. The third kappa shape index (κ3) is 12.1. The second-order valence-corrected chi connectivity index (χ2v) is 8.03. The van der Waals surface area contributed by atoms with Crippen molar-refractivity contribution in [2.45, 2.75) is 45.6 Å². The van der Waals surface area contributed by atoms with Crippen molar-refractivity contribution in [3.8, 4) is 12.8 Å². The maximum Gasteiger partial charge on any atom is 0.230 e. The van der Waals surface area contributed by atoms with Gasteiger partial charge in [-0.3, -0.25) is 19.6 Å². The van der Waals surface area contributed by atoms with Crippen LogP contribution in [-0.2, 0) is 20.9 Å². The van der Waals surface area contributed by atoms with Crippen molar-refractivity contribution in [2.24, 2.45) is 15.9 Å². The number of nitrogens with one attached hydrogen (secondary N) is 1. The minimum atomic E-state index is -0.237. The quantitative estimate of drug-likeness (QED) is 0.234. The molecular weight excluding hydrogens is 438 g/mol. The molecule has 0 aromatic carbocycles. The fraction of sp³-hybridized carbons (Fsp3) is 0.440. The number of nitrogens with zero attached hydrogens (tertiary/aromatic N) is 2. The van der Waals surface area contributed by atoms with Crippen LogP contribution in [0.25, 0.3) is 0 Å². The van der Waals surface area contributed by atoms with Gasteiger partial charge in [-0.15, -0.1) is 12.8 Å². The predicted molar refractivity (Wildman–Crippen MR) is 135 cm³/mol. The van der Waals surface area contributed by atoms with E-state index in [1.54, 1.807) is 30.8 Å². The monoisotopic (exact) mass is 471 g/mol. The predicted octanol–water partition coefficient (Wildman–Crippen LogP) is 4.56. The van der Waals surface area contributed by atoms with Gasteiger partial charge in [0, 0.05) is 31.5 Å². The minimum absolute atomic E-state index is 0.00348. The lowest BCUT2D eigenvalue weighted by atomic mass is 9.97. The molecule has 33 heavy (non-hydrogen) atoms. The minimum Gasteiger partial charge on any atom is -0.467 e. The highest BCUT2D eigenvalue weighted by atomic mass is 32.2. The number of amidine groups is 1. The fourth-order valence-corrected chi connectivity index (χ4v) is 3.79. The number of terminal acetylenes is 1. The Morgan fingerprint density at radius 2 is 2.15 bits per heavy atom. The number of ketones is 1. The van der Waals surface area contributed by atoms with E-state index in [0.717, 1.165) is 25.7 Å². The first-order valence-electron chi connectivity index (χ1n) is 10.9. The Labute approximate surface area is 200 Å². The first-order chi connectivity index (χ1) is 16.1. The number of amides is 1. The lowest BCUT2D eigenvalue weighted by molar-refractivity contribution is -0.121. The van der Waals surface area contributed by atoms with E-state index in [9.17, 15) is 9.59 Å². The van der Waals surface area contributed by atoms with E-state index in [2.05, 4.69) is 34.7 Å². The number of carbonyl (C=O) groups excluding carboxylic acids is 2. The van der Waals surface area contributed by atoms with Crippen LogP contribution in [-0.4, -0.2) is 42.0 Å². The second kappa shape index (κ2) is 17.6. The van der Waals surface area contributed by atoms with Crippen LogP contribution in [0.1, 0.15) is 44.8 Å². The highest BCUT2D eigenvalue weighted by Crippen LogP contribution is 2.19. The summed E-state index contributed by atoms with van der Waals surface area (Å²) in [4.78, 5) is 33.8. The summed E-state index contributed by atoms with van der Waals surface area (Å²) in [6.07, 6.45) is 18.0. The standard InChI is InChI=1S/C23H31N3O4S.C2H2/c1-3-10-24-15-18(4-2)14-22(28)26-23(25-16-20-8-6-12-30-20)31-17-21(27)19-7-5-11-29-13-9-19;1-2/h4,6,8,10,12,15,19H,2-3,5,7,9,11,13-14,16-17H2,1H3,(H,25,26,28);1-2H/b18-15+,24-10?;. The second-order valence-electron chi connectivity index (χ2n) is 7.07. The van der Waals surface area contributed by atoms with Gasteiger partial charge in [0.05, 0.1) is 25.0 Å². The molecule has 1 N–H and O–H groups in total. The van der Waals surface area contributed by atoms with Gasteiger partial charge in [0.15, 0.2) is 5.17 Å². The van der Waals surface area contributed by atoms with E-state index in [-0.39, 0.29) is 36.3 Å². The summed E-state index contributed by atoms with van der Waals surface area (Å²) in [7, 11) is 0. The molecule has 0 aliphatic carbocycles. The maximum atomic E-state index is 12.6. The number of furan rings is 1. The molecule has 0 radical (unpaired) electrons. The molecule has 1 aromatic heterocycles. The molecule has 1 fully saturated rings. The number of rotatable bonds is 10. The largest absolute Gasteiger partial charge is 0.467 e. The van der Waals surface area contributed by atoms with Crippen molar-refractivity contribution in [3.63, 3.8) is 0 Å². The maximum absolute atomic E-state index is 12.6. The van der Waals surface area contributed by atoms with Gasteiger partial charge >= 0.3 is 0 Å². The summed E-state index contributed by atoms with van der Waals surface area (Å²) in [5, 5.41) is 3.22. The molecule has 0 bridgehead atoms. The molecule has 1 aromatic rings. The van der Waals surface area contributed by atoms with Gasteiger partial charge in [-0.05, 0) is 43.4 Å². The van der Waals surface area contributed by atoms with Crippen LogP contribution in [0.3, 0.4) is 0 Å². The summed E-state index contributed by atoms with van der Waals surface area (Å²) in [6.45, 7) is 7.34. The van der Waals surface area contributed by atoms with E-state index < -0.39 is 0 Å². The molecule has 2 heterocycles. The van der Waals surface area contributed by atoms with E-state index in [4.69, 9.17) is 9.15 Å². The molecule has 1 aliphatic rings. The topological polar surface area (TPSA) is 93.3 Å². The Balaban J connectivity index is 0.00000265. The third-order valence-corrected chi connectivity index (χ3v) is 5.55. The van der Waals surface area contributed by atoms with Crippen LogP contribution in [0.2, 0.25) is 0 Å². The van der Waals surface area contributed by atoms with Crippen LogP contribution in [0.4, 0.5) is 0 Å². The molecular formula is C25H33N3O4S. The van der Waals surface area contributed by atoms with Crippen molar-refractivity contribution < 1.29 is 18.7 Å². The number of carbonyl (C=O) groups is 2. The van der Waals surface area contributed by atoms with Gasteiger partial charge in [0.2, 0.25) is 5.91 Å². The Bertz CT molecular complexity index is 833. The molecule has 7 nitrogen and oxygen atoms in total. The Kier molecular flexibility index (Phi) is 15.0. The molecule has 0 saturated carbocycles. The van der Waals surface area contributed by atoms with Gasteiger partial charge in [0.1, 0.15) is 11.5 Å². The van der Waals surface area contributed by atoms with E-state index in [1.165, 1.54) is 11.8 Å². The van der Waals surface area contributed by atoms with Gasteiger partial charge in [-0.1, -0.05) is 31.3 Å². The summed E-state index contributed by atoms with van der Waals surface area (Å²) in [5.74, 6) is 0.867. The van der Waals surface area contributed by atoms with Crippen LogP contribution in [0, 0.1) is 18.8 Å². The SMILES string of the molecule is C#C.C=C/C(=C\N=CCC)CC(=O)NC(=NCc1ccco1)SCC(=O)C1CCCOCC1. The summed E-state index contributed by atoms with van der Waals surface area (Å²) in [5.41, 5.74) is 0.701. The molecule has 1 amide bonds. The molecule has 8 heteroatoms. The van der Waals surface area contributed by atoms with E-state index in [0.29, 0.717) is 29.7 Å². The first kappa shape index (κ1) is 28.1. The van der Waals surface area contributed by atoms with Gasteiger partial charge in [-0.25, -0.2) is 0 Å². The summed E-state index contributed by atoms with van der Waals surface area (Å²) < 4.78 is 10.8. The normalized spacial score (nSPS) is 17.0. The molecule has 2 rings (SSSR count). The van der Waals surface area contributed by atoms with Crippen LogP contribution in [0.15, 0.2) is 57.2 Å². The van der Waals surface area contributed by atoms with Crippen LogP contribution < -0.4 is 5.32 Å². The molecule has 178 valence electrons. The number of hydrogen-bond acceptors (Lipinski definition) is 7. The lowest BCUT2D eigenvalue weighted by Crippen LogP contribution is -2.30. The first-order valence-corrected chi connectivity index (χ1v) is 11.9. The number of allylic oxidation sites excluding steroid dienone is 1. The number of hydrogen-bond donors (Lipinski definition) is 1. The van der Waals surface area contributed by atoms with Gasteiger partial charge < -0.3 is 14.5 Å². The summed E-state index contributed by atoms with van der Waals surface area (Å²) in [6, 6.07) is 3.60. The van der Waals surface area contributed by atoms with Gasteiger partial charge in [0.25, 0.3) is 0 Å². The zero-order chi connectivity index (χ0) is 24.3. The Morgan fingerprint density at radius 3 is 2.85 bits per heavy atom. The van der Waals surface area contributed by atoms with Crippen molar-refractivity contribution in [1.82, 2.24) is 5.32 Å². The van der Waals surface area contributed by atoms with Crippen molar-refractivity contribution in [1.29, 1.82) is 0 Å². The molecule has 1 unspecified atom stereocenters. The van der Waals surface area contributed by atoms with Crippen molar-refractivity contribution >= 4 is 34.8 Å². The van der Waals surface area contributed by atoms with Crippen LogP contribution >= 0.6 is 11.8 Å². The number of thioether (sulfide) groups is 1. The molecule has 1 aliphatic heterocycles.